The average Bonchev–Trinajstić information content (AvgIpc) is 2.77. The number of ether oxygens (including phenoxy) is 1. The van der Waals surface area contributed by atoms with Crippen LogP contribution < -0.4 is 5.32 Å². The molecule has 1 aliphatic rings. The van der Waals surface area contributed by atoms with Crippen LogP contribution in [0.1, 0.15) is 46.6 Å². The lowest BCUT2D eigenvalue weighted by Gasteiger charge is -2.42. The Bertz CT molecular complexity index is 1140. The second kappa shape index (κ2) is 10.0. The lowest BCUT2D eigenvalue weighted by Crippen LogP contribution is -2.54. The van der Waals surface area contributed by atoms with Crippen molar-refractivity contribution < 1.29 is 19.3 Å². The van der Waals surface area contributed by atoms with E-state index in [-0.39, 0.29) is 17.3 Å². The number of carbonyl (C=O) groups excluding carboxylic acids is 1. The molecule has 33 heavy (non-hydrogen) atoms. The number of hydrogen-bond donors (Lipinski definition) is 1. The van der Waals surface area contributed by atoms with E-state index in [0.29, 0.717) is 0 Å². The molecule has 176 valence electrons. The van der Waals surface area contributed by atoms with Crippen molar-refractivity contribution in [1.82, 2.24) is 0 Å². The SMILES string of the molecule is CC(=O)SCCCc1ccc(NC2OC(C(C)C)OOC2(C)C)c2cc3ccccc3cc12. The minimum absolute atomic E-state index is 0.168. The van der Waals surface area contributed by atoms with Gasteiger partial charge in [-0.3, -0.25) is 4.79 Å². The molecule has 0 saturated carbocycles. The van der Waals surface area contributed by atoms with Gasteiger partial charge >= 0.3 is 0 Å². The molecule has 1 aliphatic heterocycles. The fraction of sp³-hybridized carbons (Fsp3) is 0.444. The summed E-state index contributed by atoms with van der Waals surface area (Å²) in [6, 6.07) is 17.3. The summed E-state index contributed by atoms with van der Waals surface area (Å²) in [6.45, 7) is 9.63. The van der Waals surface area contributed by atoms with Crippen molar-refractivity contribution in [2.45, 2.75) is 65.6 Å². The number of fused-ring (bicyclic) bond motifs is 2. The maximum Gasteiger partial charge on any atom is 0.196 e. The Morgan fingerprint density at radius 2 is 1.79 bits per heavy atom. The molecular weight excluding hydrogens is 434 g/mol. The number of benzene rings is 3. The molecule has 0 amide bonds. The molecule has 6 heteroatoms. The minimum atomic E-state index is -0.656. The fourth-order valence-corrected chi connectivity index (χ4v) is 4.64. The van der Waals surface area contributed by atoms with Gasteiger partial charge in [-0.2, -0.15) is 0 Å². The van der Waals surface area contributed by atoms with E-state index in [2.05, 4.69) is 53.8 Å². The number of anilines is 1. The van der Waals surface area contributed by atoms with Crippen molar-refractivity contribution in [2.75, 3.05) is 11.1 Å². The van der Waals surface area contributed by atoms with Crippen molar-refractivity contribution in [1.29, 1.82) is 0 Å². The van der Waals surface area contributed by atoms with Gasteiger partial charge in [-0.05, 0) is 66.6 Å². The largest absolute Gasteiger partial charge is 0.357 e. The molecule has 1 heterocycles. The molecule has 0 spiro atoms. The van der Waals surface area contributed by atoms with E-state index in [0.717, 1.165) is 29.7 Å². The molecule has 0 aliphatic carbocycles. The molecule has 0 radical (unpaired) electrons. The van der Waals surface area contributed by atoms with E-state index in [4.69, 9.17) is 14.5 Å². The topological polar surface area (TPSA) is 56.8 Å². The second-order valence-electron chi connectivity index (χ2n) is 9.52. The highest BCUT2D eigenvalue weighted by Gasteiger charge is 2.41. The zero-order valence-corrected chi connectivity index (χ0v) is 20.8. The molecule has 3 aromatic rings. The predicted molar refractivity (Wildman–Crippen MR) is 136 cm³/mol. The predicted octanol–water partition coefficient (Wildman–Crippen LogP) is 6.68. The van der Waals surface area contributed by atoms with Gasteiger partial charge in [0.1, 0.15) is 5.60 Å². The van der Waals surface area contributed by atoms with E-state index in [1.807, 2.05) is 27.7 Å². The van der Waals surface area contributed by atoms with Crippen LogP contribution in [0, 0.1) is 5.92 Å². The lowest BCUT2D eigenvalue weighted by molar-refractivity contribution is -0.485. The Kier molecular flexibility index (Phi) is 7.29. The molecule has 5 nitrogen and oxygen atoms in total. The van der Waals surface area contributed by atoms with Crippen molar-refractivity contribution >= 4 is 44.1 Å². The Hall–Kier alpha value is -2.12. The van der Waals surface area contributed by atoms with Crippen molar-refractivity contribution in [2.24, 2.45) is 5.92 Å². The Balaban J connectivity index is 1.70. The summed E-state index contributed by atoms with van der Waals surface area (Å²) in [5.41, 5.74) is 1.63. The van der Waals surface area contributed by atoms with Crippen LogP contribution in [0.2, 0.25) is 0 Å². The van der Waals surface area contributed by atoms with Gasteiger partial charge in [0.05, 0.1) is 0 Å². The van der Waals surface area contributed by atoms with Gasteiger partial charge in [-0.1, -0.05) is 55.9 Å². The molecule has 2 unspecified atom stereocenters. The Morgan fingerprint density at radius 3 is 2.45 bits per heavy atom. The summed E-state index contributed by atoms with van der Waals surface area (Å²) in [5, 5.41) is 8.55. The van der Waals surface area contributed by atoms with Crippen molar-refractivity contribution in [3.8, 4) is 0 Å². The van der Waals surface area contributed by atoms with Gasteiger partial charge in [0, 0.05) is 29.7 Å². The lowest BCUT2D eigenvalue weighted by atomic mass is 9.95. The van der Waals surface area contributed by atoms with Crippen LogP contribution in [0.4, 0.5) is 5.69 Å². The first-order valence-electron chi connectivity index (χ1n) is 11.6. The number of rotatable bonds is 7. The maximum atomic E-state index is 11.3. The van der Waals surface area contributed by atoms with Crippen LogP contribution in [0.5, 0.6) is 0 Å². The van der Waals surface area contributed by atoms with Crippen LogP contribution >= 0.6 is 11.8 Å². The Morgan fingerprint density at radius 1 is 1.09 bits per heavy atom. The first-order valence-corrected chi connectivity index (χ1v) is 12.6. The normalized spacial score (nSPS) is 20.4. The first kappa shape index (κ1) is 24.0. The molecule has 1 N–H and O–H groups in total. The molecule has 4 rings (SSSR count). The van der Waals surface area contributed by atoms with Gasteiger partial charge in [0.2, 0.25) is 0 Å². The van der Waals surface area contributed by atoms with Gasteiger partial charge in [0.25, 0.3) is 0 Å². The highest BCUT2D eigenvalue weighted by atomic mass is 32.2. The number of carbonyl (C=O) groups is 1. The third kappa shape index (κ3) is 5.52. The number of thioether (sulfide) groups is 1. The molecule has 0 aromatic heterocycles. The summed E-state index contributed by atoms with van der Waals surface area (Å²) in [7, 11) is 0. The van der Waals surface area contributed by atoms with Gasteiger partial charge in [-0.15, -0.1) is 0 Å². The van der Waals surface area contributed by atoms with E-state index >= 15 is 0 Å². The van der Waals surface area contributed by atoms with Crippen LogP contribution in [-0.2, 0) is 25.7 Å². The highest BCUT2D eigenvalue weighted by Crippen LogP contribution is 2.35. The quantitative estimate of drug-likeness (QED) is 0.238. The molecule has 2 atom stereocenters. The molecule has 0 bridgehead atoms. The van der Waals surface area contributed by atoms with E-state index in [1.165, 1.54) is 33.5 Å². The molecular formula is C27H33NO4S. The third-order valence-electron chi connectivity index (χ3n) is 5.96. The van der Waals surface area contributed by atoms with Gasteiger partial charge in [0.15, 0.2) is 17.6 Å². The van der Waals surface area contributed by atoms with Crippen molar-refractivity contribution in [3.05, 3.63) is 54.1 Å². The smallest absolute Gasteiger partial charge is 0.196 e. The summed E-state index contributed by atoms with van der Waals surface area (Å²) in [6.07, 6.45) is 1.08. The van der Waals surface area contributed by atoms with Crippen LogP contribution in [0.15, 0.2) is 48.5 Å². The summed E-state index contributed by atoms with van der Waals surface area (Å²) < 4.78 is 6.24. The number of hydrogen-bond acceptors (Lipinski definition) is 6. The van der Waals surface area contributed by atoms with Gasteiger partial charge < -0.3 is 10.1 Å². The van der Waals surface area contributed by atoms with E-state index in [9.17, 15) is 4.79 Å². The first-order chi connectivity index (χ1) is 15.7. The molecule has 1 saturated heterocycles. The second-order valence-corrected chi connectivity index (χ2v) is 10.8. The summed E-state index contributed by atoms with van der Waals surface area (Å²) >= 11 is 1.39. The number of nitrogens with one attached hydrogen (secondary N) is 1. The van der Waals surface area contributed by atoms with Crippen LogP contribution in [0.25, 0.3) is 21.5 Å². The standard InChI is InChI=1S/C27H33NO4S/c1-17(2)25-30-26(27(4,5)32-31-25)28-24-13-12-19(11-8-14-33-18(3)29)22-15-20-9-6-7-10-21(20)16-23(22)24/h6-7,9-10,12-13,15-17,25-26,28H,8,11,14H2,1-5H3. The average molecular weight is 468 g/mol. The van der Waals surface area contributed by atoms with E-state index in [1.54, 1.807) is 6.92 Å². The zero-order valence-electron chi connectivity index (χ0n) is 20.0. The van der Waals surface area contributed by atoms with Crippen molar-refractivity contribution in [3.63, 3.8) is 0 Å². The molecule has 3 aromatic carbocycles. The van der Waals surface area contributed by atoms with E-state index < -0.39 is 11.9 Å². The van der Waals surface area contributed by atoms with Crippen LogP contribution in [0.3, 0.4) is 0 Å². The Labute approximate surface area is 200 Å². The third-order valence-corrected chi connectivity index (χ3v) is 6.86. The summed E-state index contributed by atoms with van der Waals surface area (Å²) in [5.74, 6) is 1.00. The minimum Gasteiger partial charge on any atom is -0.357 e. The fourth-order valence-electron chi connectivity index (χ4n) is 4.07. The van der Waals surface area contributed by atoms with Gasteiger partial charge in [-0.25, -0.2) is 9.78 Å². The highest BCUT2D eigenvalue weighted by molar-refractivity contribution is 8.13. The summed E-state index contributed by atoms with van der Waals surface area (Å²) in [4.78, 5) is 22.5. The number of aryl methyl sites for hydroxylation is 1. The maximum absolute atomic E-state index is 11.3. The zero-order chi connectivity index (χ0) is 23.6. The molecule has 1 fully saturated rings. The monoisotopic (exact) mass is 467 g/mol. The van der Waals surface area contributed by atoms with Crippen LogP contribution in [-0.4, -0.2) is 29.0 Å².